The number of alkyl halides is 4. The van der Waals surface area contributed by atoms with Gasteiger partial charge in [-0.2, -0.15) is 8.78 Å². The number of hydrogen-bond acceptors (Lipinski definition) is 2. The van der Waals surface area contributed by atoms with Crippen LogP contribution in [0.15, 0.2) is 0 Å². The first kappa shape index (κ1) is 16.0. The lowest BCUT2D eigenvalue weighted by Crippen LogP contribution is -2.60. The first-order chi connectivity index (χ1) is 9.40. The molecule has 6 heteroatoms. The molecule has 0 radical (unpaired) electrons. The number of rotatable bonds is 4. The third kappa shape index (κ3) is 3.85. The monoisotopic (exact) mass is 296 g/mol. The predicted molar refractivity (Wildman–Crippen MR) is 70.4 cm³/mol. The summed E-state index contributed by atoms with van der Waals surface area (Å²) in [5, 5.41) is 3.41. The van der Waals surface area contributed by atoms with Crippen molar-refractivity contribution in [2.75, 3.05) is 19.6 Å². The SMILES string of the molecule is CC1CNC(C2CCCCC2)CN1CC(F)(F)C(F)F. The molecule has 1 N–H and O–H groups in total. The third-order valence-corrected chi connectivity index (χ3v) is 4.68. The summed E-state index contributed by atoms with van der Waals surface area (Å²) in [4.78, 5) is 1.53. The normalized spacial score (nSPS) is 30.9. The number of piperazine rings is 1. The molecule has 2 aliphatic rings. The van der Waals surface area contributed by atoms with E-state index in [1.807, 2.05) is 6.92 Å². The van der Waals surface area contributed by atoms with Crippen LogP contribution in [0.3, 0.4) is 0 Å². The van der Waals surface area contributed by atoms with Gasteiger partial charge in [-0.25, -0.2) is 8.78 Å². The van der Waals surface area contributed by atoms with Gasteiger partial charge in [-0.3, -0.25) is 4.90 Å². The van der Waals surface area contributed by atoms with Crippen LogP contribution < -0.4 is 5.32 Å². The zero-order chi connectivity index (χ0) is 14.8. The molecule has 0 amide bonds. The summed E-state index contributed by atoms with van der Waals surface area (Å²) in [5.41, 5.74) is 0. The molecule has 0 spiro atoms. The van der Waals surface area contributed by atoms with Gasteiger partial charge in [0.2, 0.25) is 0 Å². The minimum absolute atomic E-state index is 0.125. The largest absolute Gasteiger partial charge is 0.319 e. The standard InChI is InChI=1S/C14H24F4N2/c1-10-7-19-12(11-5-3-2-4-6-11)8-20(10)9-14(17,18)13(15)16/h10-13,19H,2-9H2,1H3. The van der Waals surface area contributed by atoms with E-state index in [0.717, 1.165) is 12.8 Å². The topological polar surface area (TPSA) is 15.3 Å². The number of nitrogens with one attached hydrogen (secondary N) is 1. The smallest absolute Gasteiger partial charge is 0.311 e. The fraction of sp³-hybridized carbons (Fsp3) is 1.00. The Bertz CT molecular complexity index is 306. The highest BCUT2D eigenvalue weighted by Gasteiger charge is 2.44. The summed E-state index contributed by atoms with van der Waals surface area (Å²) < 4.78 is 51.2. The quantitative estimate of drug-likeness (QED) is 0.802. The van der Waals surface area contributed by atoms with Gasteiger partial charge in [-0.1, -0.05) is 19.3 Å². The second kappa shape index (κ2) is 6.60. The molecule has 2 rings (SSSR count). The minimum atomic E-state index is -3.91. The van der Waals surface area contributed by atoms with E-state index in [4.69, 9.17) is 0 Å². The Labute approximate surface area is 117 Å². The van der Waals surface area contributed by atoms with Crippen molar-refractivity contribution in [1.29, 1.82) is 0 Å². The zero-order valence-electron chi connectivity index (χ0n) is 11.9. The van der Waals surface area contributed by atoms with Crippen molar-refractivity contribution in [3.8, 4) is 0 Å². The van der Waals surface area contributed by atoms with E-state index >= 15 is 0 Å². The maximum Gasteiger partial charge on any atom is 0.319 e. The van der Waals surface area contributed by atoms with E-state index in [1.54, 1.807) is 0 Å². The highest BCUT2D eigenvalue weighted by molar-refractivity contribution is 4.91. The third-order valence-electron chi connectivity index (χ3n) is 4.68. The first-order valence-electron chi connectivity index (χ1n) is 7.53. The fourth-order valence-corrected chi connectivity index (χ4v) is 3.36. The van der Waals surface area contributed by atoms with Gasteiger partial charge in [-0.15, -0.1) is 0 Å². The van der Waals surface area contributed by atoms with Crippen molar-refractivity contribution in [3.63, 3.8) is 0 Å². The van der Waals surface area contributed by atoms with E-state index in [-0.39, 0.29) is 12.1 Å². The summed E-state index contributed by atoms with van der Waals surface area (Å²) >= 11 is 0. The van der Waals surface area contributed by atoms with Gasteiger partial charge in [0.15, 0.2) is 0 Å². The van der Waals surface area contributed by atoms with E-state index in [0.29, 0.717) is 19.0 Å². The Morgan fingerprint density at radius 3 is 2.45 bits per heavy atom. The molecule has 1 saturated heterocycles. The van der Waals surface area contributed by atoms with Gasteiger partial charge in [-0.05, 0) is 25.7 Å². The van der Waals surface area contributed by atoms with E-state index in [1.165, 1.54) is 24.2 Å². The average Bonchev–Trinajstić information content (AvgIpc) is 2.42. The maximum absolute atomic E-state index is 13.3. The summed E-state index contributed by atoms with van der Waals surface area (Å²) in [6.45, 7) is 2.02. The highest BCUT2D eigenvalue weighted by atomic mass is 19.3. The van der Waals surface area contributed by atoms with Gasteiger partial charge in [0.1, 0.15) is 0 Å². The van der Waals surface area contributed by atoms with Gasteiger partial charge >= 0.3 is 12.3 Å². The van der Waals surface area contributed by atoms with Crippen LogP contribution in [0.25, 0.3) is 0 Å². The molecule has 20 heavy (non-hydrogen) atoms. The maximum atomic E-state index is 13.3. The minimum Gasteiger partial charge on any atom is -0.311 e. The molecule has 0 aromatic carbocycles. The van der Waals surface area contributed by atoms with Crippen LogP contribution in [-0.2, 0) is 0 Å². The summed E-state index contributed by atoms with van der Waals surface area (Å²) in [6, 6.07) is 0.0411. The second-order valence-corrected chi connectivity index (χ2v) is 6.25. The molecular weight excluding hydrogens is 272 g/mol. The molecule has 118 valence electrons. The molecule has 2 fully saturated rings. The van der Waals surface area contributed by atoms with Crippen molar-refractivity contribution >= 4 is 0 Å². The summed E-state index contributed by atoms with van der Waals surface area (Å²) in [6.07, 6.45) is 2.26. The Balaban J connectivity index is 1.94. The number of nitrogens with zero attached hydrogens (tertiary/aromatic N) is 1. The Kier molecular flexibility index (Phi) is 5.29. The van der Waals surface area contributed by atoms with Gasteiger partial charge in [0.25, 0.3) is 0 Å². The van der Waals surface area contributed by atoms with Gasteiger partial charge in [0, 0.05) is 25.2 Å². The Morgan fingerprint density at radius 2 is 1.85 bits per heavy atom. The molecule has 2 atom stereocenters. The molecular formula is C14H24F4N2. The predicted octanol–water partition coefficient (Wildman–Crippen LogP) is 3.13. The number of halogens is 4. The average molecular weight is 296 g/mol. The molecule has 2 unspecified atom stereocenters. The van der Waals surface area contributed by atoms with Crippen LogP contribution in [0.5, 0.6) is 0 Å². The van der Waals surface area contributed by atoms with Crippen molar-refractivity contribution in [2.24, 2.45) is 5.92 Å². The van der Waals surface area contributed by atoms with E-state index in [9.17, 15) is 17.6 Å². The highest BCUT2D eigenvalue weighted by Crippen LogP contribution is 2.30. The molecule has 1 aliphatic carbocycles. The van der Waals surface area contributed by atoms with Crippen molar-refractivity contribution in [1.82, 2.24) is 10.2 Å². The van der Waals surface area contributed by atoms with Crippen LogP contribution in [0.1, 0.15) is 39.0 Å². The van der Waals surface area contributed by atoms with Crippen LogP contribution in [-0.4, -0.2) is 49.0 Å². The Morgan fingerprint density at radius 1 is 1.20 bits per heavy atom. The van der Waals surface area contributed by atoms with Crippen LogP contribution in [0, 0.1) is 5.92 Å². The molecule has 0 aromatic rings. The lowest BCUT2D eigenvalue weighted by atomic mass is 9.82. The van der Waals surface area contributed by atoms with Crippen LogP contribution >= 0.6 is 0 Å². The molecule has 0 aromatic heterocycles. The molecule has 1 saturated carbocycles. The molecule has 2 nitrogen and oxygen atoms in total. The number of hydrogen-bond donors (Lipinski definition) is 1. The van der Waals surface area contributed by atoms with Crippen molar-refractivity contribution in [3.05, 3.63) is 0 Å². The zero-order valence-corrected chi connectivity index (χ0v) is 11.9. The second-order valence-electron chi connectivity index (χ2n) is 6.25. The van der Waals surface area contributed by atoms with Crippen LogP contribution in [0.2, 0.25) is 0 Å². The van der Waals surface area contributed by atoms with Gasteiger partial charge < -0.3 is 5.32 Å². The first-order valence-corrected chi connectivity index (χ1v) is 7.53. The molecule has 1 heterocycles. The lowest BCUT2D eigenvalue weighted by molar-refractivity contribution is -0.149. The molecule has 0 bridgehead atoms. The van der Waals surface area contributed by atoms with E-state index in [2.05, 4.69) is 5.32 Å². The lowest BCUT2D eigenvalue weighted by Gasteiger charge is -2.43. The fourth-order valence-electron chi connectivity index (χ4n) is 3.36. The summed E-state index contributed by atoms with van der Waals surface area (Å²) in [7, 11) is 0. The molecule has 1 aliphatic heterocycles. The van der Waals surface area contributed by atoms with Gasteiger partial charge in [0.05, 0.1) is 6.54 Å². The van der Waals surface area contributed by atoms with Crippen molar-refractivity contribution < 1.29 is 17.6 Å². The van der Waals surface area contributed by atoms with Crippen molar-refractivity contribution in [2.45, 2.75) is 63.5 Å². The Hall–Kier alpha value is -0.360. The van der Waals surface area contributed by atoms with Crippen LogP contribution in [0.4, 0.5) is 17.6 Å². The van der Waals surface area contributed by atoms with E-state index < -0.39 is 18.9 Å². The summed E-state index contributed by atoms with van der Waals surface area (Å²) in [5.74, 6) is -3.41.